The van der Waals surface area contributed by atoms with E-state index in [-0.39, 0.29) is 34.9 Å². The number of hydrogen-bond donors (Lipinski definition) is 2. The van der Waals surface area contributed by atoms with Crippen molar-refractivity contribution in [2.75, 3.05) is 11.9 Å². The summed E-state index contributed by atoms with van der Waals surface area (Å²) in [5.74, 6) is -1.18. The van der Waals surface area contributed by atoms with Crippen LogP contribution in [0.25, 0.3) is 0 Å². The molecule has 2 rings (SSSR count). The minimum absolute atomic E-state index is 0.0268. The lowest BCUT2D eigenvalue weighted by molar-refractivity contribution is -0.125. The summed E-state index contributed by atoms with van der Waals surface area (Å²) < 4.78 is 10.1. The highest BCUT2D eigenvalue weighted by Crippen LogP contribution is 2.17. The highest BCUT2D eigenvalue weighted by molar-refractivity contribution is 6.06. The zero-order chi connectivity index (χ0) is 19.1. The van der Waals surface area contributed by atoms with Crippen LogP contribution in [0.1, 0.15) is 41.7 Å². The van der Waals surface area contributed by atoms with Crippen molar-refractivity contribution in [3.63, 3.8) is 0 Å². The van der Waals surface area contributed by atoms with Crippen molar-refractivity contribution in [2.45, 2.75) is 26.8 Å². The summed E-state index contributed by atoms with van der Waals surface area (Å²) >= 11 is 0. The Morgan fingerprint density at radius 3 is 2.46 bits per heavy atom. The first-order valence-electron chi connectivity index (χ1n) is 8.29. The number of rotatable bonds is 7. The molecule has 1 unspecified atom stereocenters. The molecule has 2 N–H and O–H groups in total. The van der Waals surface area contributed by atoms with E-state index in [1.54, 1.807) is 24.3 Å². The summed E-state index contributed by atoms with van der Waals surface area (Å²) in [6, 6.07) is 9.46. The van der Waals surface area contributed by atoms with E-state index in [1.165, 1.54) is 18.4 Å². The van der Waals surface area contributed by atoms with Crippen LogP contribution >= 0.6 is 0 Å². The molecule has 7 heteroatoms. The quantitative estimate of drug-likeness (QED) is 0.742. The van der Waals surface area contributed by atoms with Crippen LogP contribution in [-0.2, 0) is 9.53 Å². The molecule has 1 heterocycles. The van der Waals surface area contributed by atoms with Crippen LogP contribution in [0, 0.1) is 5.92 Å². The predicted molar refractivity (Wildman–Crippen MR) is 95.8 cm³/mol. The maximum Gasteiger partial charge on any atom is 0.340 e. The Bertz CT molecular complexity index is 768. The number of ether oxygens (including phenoxy) is 1. The van der Waals surface area contributed by atoms with Crippen molar-refractivity contribution >= 4 is 23.5 Å². The van der Waals surface area contributed by atoms with E-state index < -0.39 is 18.5 Å². The Hall–Kier alpha value is -3.09. The molecule has 2 aromatic rings. The minimum Gasteiger partial charge on any atom is -0.459 e. The number of furan rings is 1. The summed E-state index contributed by atoms with van der Waals surface area (Å²) in [6.07, 6.45) is 1.38. The molecule has 0 radical (unpaired) electrons. The molecule has 1 aromatic carbocycles. The van der Waals surface area contributed by atoms with Gasteiger partial charge in [-0.15, -0.1) is 0 Å². The van der Waals surface area contributed by atoms with Crippen molar-refractivity contribution in [1.82, 2.24) is 5.32 Å². The highest BCUT2D eigenvalue weighted by atomic mass is 16.5. The molecule has 1 aromatic heterocycles. The van der Waals surface area contributed by atoms with E-state index >= 15 is 0 Å². The third kappa shape index (κ3) is 5.20. The van der Waals surface area contributed by atoms with Gasteiger partial charge in [0.25, 0.3) is 11.8 Å². The van der Waals surface area contributed by atoms with Crippen LogP contribution in [0.3, 0.4) is 0 Å². The SMILES string of the molecule is CC(C)C(C)NC(=O)COC(=O)c1ccccc1NC(=O)c1ccco1. The Morgan fingerprint density at radius 1 is 1.08 bits per heavy atom. The topological polar surface area (TPSA) is 97.6 Å². The minimum atomic E-state index is -0.701. The zero-order valence-electron chi connectivity index (χ0n) is 14.9. The standard InChI is InChI=1S/C19H22N2O5/c1-12(2)13(3)20-17(22)11-26-19(24)14-7-4-5-8-15(14)21-18(23)16-9-6-10-25-16/h4-10,12-13H,11H2,1-3H3,(H,20,22)(H,21,23). The van der Waals surface area contributed by atoms with Gasteiger partial charge in [0.05, 0.1) is 17.5 Å². The largest absolute Gasteiger partial charge is 0.459 e. The van der Waals surface area contributed by atoms with Crippen molar-refractivity contribution in [3.05, 3.63) is 54.0 Å². The Labute approximate surface area is 151 Å². The van der Waals surface area contributed by atoms with E-state index in [0.717, 1.165) is 0 Å². The van der Waals surface area contributed by atoms with Gasteiger partial charge >= 0.3 is 5.97 Å². The average Bonchev–Trinajstić information content (AvgIpc) is 3.14. The van der Waals surface area contributed by atoms with Crippen molar-refractivity contribution in [2.24, 2.45) is 5.92 Å². The predicted octanol–water partition coefficient (Wildman–Crippen LogP) is 2.85. The molecule has 138 valence electrons. The zero-order valence-corrected chi connectivity index (χ0v) is 14.9. The second-order valence-electron chi connectivity index (χ2n) is 6.15. The number of carbonyl (C=O) groups is 3. The van der Waals surface area contributed by atoms with Gasteiger partial charge in [-0.05, 0) is 37.1 Å². The first-order chi connectivity index (χ1) is 12.4. The fourth-order valence-corrected chi connectivity index (χ4v) is 2.03. The summed E-state index contributed by atoms with van der Waals surface area (Å²) in [5.41, 5.74) is 0.423. The Kier molecular flexibility index (Phi) is 6.54. The van der Waals surface area contributed by atoms with E-state index in [9.17, 15) is 14.4 Å². The molecule has 7 nitrogen and oxygen atoms in total. The number of benzene rings is 1. The van der Waals surface area contributed by atoms with Gasteiger partial charge < -0.3 is 19.8 Å². The molecule has 0 bridgehead atoms. The molecule has 0 aliphatic rings. The van der Waals surface area contributed by atoms with Crippen LogP contribution in [0.15, 0.2) is 47.1 Å². The number of esters is 1. The van der Waals surface area contributed by atoms with Crippen LogP contribution in [-0.4, -0.2) is 30.4 Å². The molecular formula is C19H22N2O5. The van der Waals surface area contributed by atoms with Crippen molar-refractivity contribution < 1.29 is 23.5 Å². The number of para-hydroxylation sites is 1. The molecule has 0 spiro atoms. The molecule has 26 heavy (non-hydrogen) atoms. The van der Waals surface area contributed by atoms with Crippen LogP contribution in [0.2, 0.25) is 0 Å². The fourth-order valence-electron chi connectivity index (χ4n) is 2.03. The molecule has 0 saturated carbocycles. The van der Waals surface area contributed by atoms with Gasteiger partial charge in [0, 0.05) is 6.04 Å². The monoisotopic (exact) mass is 358 g/mol. The number of carbonyl (C=O) groups excluding carboxylic acids is 3. The number of nitrogens with one attached hydrogen (secondary N) is 2. The van der Waals surface area contributed by atoms with Crippen LogP contribution in [0.4, 0.5) is 5.69 Å². The molecule has 1 atom stereocenters. The fraction of sp³-hybridized carbons (Fsp3) is 0.316. The van der Waals surface area contributed by atoms with Crippen LogP contribution < -0.4 is 10.6 Å². The van der Waals surface area contributed by atoms with Gasteiger partial charge in [0.15, 0.2) is 12.4 Å². The molecule has 0 saturated heterocycles. The molecule has 0 aliphatic heterocycles. The van der Waals surface area contributed by atoms with Gasteiger partial charge in [-0.2, -0.15) is 0 Å². The maximum atomic E-state index is 12.3. The smallest absolute Gasteiger partial charge is 0.340 e. The van der Waals surface area contributed by atoms with E-state index in [1.807, 2.05) is 20.8 Å². The van der Waals surface area contributed by atoms with Gasteiger partial charge in [-0.25, -0.2) is 4.79 Å². The number of amides is 2. The number of hydrogen-bond acceptors (Lipinski definition) is 5. The highest BCUT2D eigenvalue weighted by Gasteiger charge is 2.18. The lowest BCUT2D eigenvalue weighted by Gasteiger charge is -2.17. The van der Waals surface area contributed by atoms with Gasteiger partial charge in [0.2, 0.25) is 0 Å². The third-order valence-corrected chi connectivity index (χ3v) is 3.86. The molecule has 0 aliphatic carbocycles. The van der Waals surface area contributed by atoms with Gasteiger partial charge in [-0.3, -0.25) is 9.59 Å². The first kappa shape index (κ1) is 19.2. The summed E-state index contributed by atoms with van der Waals surface area (Å²) in [7, 11) is 0. The average molecular weight is 358 g/mol. The van der Waals surface area contributed by atoms with Crippen molar-refractivity contribution in [3.8, 4) is 0 Å². The third-order valence-electron chi connectivity index (χ3n) is 3.86. The second-order valence-corrected chi connectivity index (χ2v) is 6.15. The lowest BCUT2D eigenvalue weighted by atomic mass is 10.1. The summed E-state index contributed by atoms with van der Waals surface area (Å²) in [4.78, 5) is 36.2. The molecular weight excluding hydrogens is 336 g/mol. The second kappa shape index (κ2) is 8.84. The van der Waals surface area contributed by atoms with E-state index in [2.05, 4.69) is 10.6 Å². The number of anilines is 1. The summed E-state index contributed by atoms with van der Waals surface area (Å²) in [5, 5.41) is 5.35. The lowest BCUT2D eigenvalue weighted by Crippen LogP contribution is -2.38. The Balaban J connectivity index is 1.99. The molecule has 2 amide bonds. The normalized spacial score (nSPS) is 11.7. The maximum absolute atomic E-state index is 12.3. The van der Waals surface area contributed by atoms with Crippen molar-refractivity contribution in [1.29, 1.82) is 0 Å². The van der Waals surface area contributed by atoms with E-state index in [0.29, 0.717) is 0 Å². The van der Waals surface area contributed by atoms with Crippen LogP contribution in [0.5, 0.6) is 0 Å². The summed E-state index contributed by atoms with van der Waals surface area (Å²) in [6.45, 7) is 5.45. The first-order valence-corrected chi connectivity index (χ1v) is 8.29. The van der Waals surface area contributed by atoms with Gasteiger partial charge in [0.1, 0.15) is 0 Å². The van der Waals surface area contributed by atoms with E-state index in [4.69, 9.17) is 9.15 Å². The van der Waals surface area contributed by atoms with Gasteiger partial charge in [-0.1, -0.05) is 26.0 Å². The Morgan fingerprint density at radius 2 is 1.81 bits per heavy atom. The molecule has 0 fully saturated rings.